The lowest BCUT2D eigenvalue weighted by Crippen LogP contribution is -2.37. The number of anilines is 1. The number of rotatable bonds is 7. The minimum Gasteiger partial charge on any atom is -0.467 e. The quantitative estimate of drug-likeness (QED) is 0.452. The van der Waals surface area contributed by atoms with E-state index >= 15 is 0 Å². The molecular formula is C17H17N3O5. The Kier molecular flexibility index (Phi) is 6.05. The fraction of sp³-hybridized carbons (Fsp3) is 0.176. The van der Waals surface area contributed by atoms with Gasteiger partial charge in [-0.25, -0.2) is 4.79 Å². The summed E-state index contributed by atoms with van der Waals surface area (Å²) in [5.74, 6) is -1.11. The number of nitrogens with zero attached hydrogens (tertiary/aromatic N) is 1. The Morgan fingerprint density at radius 2 is 1.76 bits per heavy atom. The summed E-state index contributed by atoms with van der Waals surface area (Å²) >= 11 is 0. The topological polar surface area (TPSA) is 111 Å². The summed E-state index contributed by atoms with van der Waals surface area (Å²) < 4.78 is 4.72. The molecule has 2 rings (SSSR count). The summed E-state index contributed by atoms with van der Waals surface area (Å²) in [5.41, 5.74) is 0.660. The average Bonchev–Trinajstić information content (AvgIpc) is 2.64. The fourth-order valence-corrected chi connectivity index (χ4v) is 2.21. The first-order valence-electron chi connectivity index (χ1n) is 7.42. The number of benzene rings is 2. The fourth-order valence-electron chi connectivity index (χ4n) is 2.21. The lowest BCUT2D eigenvalue weighted by atomic mass is 10.1. The number of esters is 1. The molecule has 2 N–H and O–H groups in total. The Morgan fingerprint density at radius 1 is 1.12 bits per heavy atom. The van der Waals surface area contributed by atoms with Gasteiger partial charge >= 0.3 is 5.97 Å². The third kappa shape index (κ3) is 4.77. The van der Waals surface area contributed by atoms with Crippen LogP contribution in [-0.2, 0) is 14.3 Å². The van der Waals surface area contributed by atoms with Gasteiger partial charge in [-0.15, -0.1) is 0 Å². The maximum Gasteiger partial charge on any atom is 0.333 e. The second-order valence-corrected chi connectivity index (χ2v) is 5.06. The van der Waals surface area contributed by atoms with Gasteiger partial charge in [0.05, 0.1) is 18.6 Å². The number of nitro groups is 1. The summed E-state index contributed by atoms with van der Waals surface area (Å²) in [6, 6.07) is 13.7. The van der Waals surface area contributed by atoms with E-state index in [2.05, 4.69) is 10.6 Å². The number of carbonyl (C=O) groups excluding carboxylic acids is 2. The third-order valence-corrected chi connectivity index (χ3v) is 3.42. The van der Waals surface area contributed by atoms with Crippen LogP contribution in [0.1, 0.15) is 11.6 Å². The Balaban J connectivity index is 2.05. The summed E-state index contributed by atoms with van der Waals surface area (Å²) in [5, 5.41) is 16.2. The lowest BCUT2D eigenvalue weighted by molar-refractivity contribution is -0.383. The largest absolute Gasteiger partial charge is 0.467 e. The second-order valence-electron chi connectivity index (χ2n) is 5.06. The van der Waals surface area contributed by atoms with Crippen LogP contribution >= 0.6 is 0 Å². The first kappa shape index (κ1) is 17.9. The molecule has 1 unspecified atom stereocenters. The smallest absolute Gasteiger partial charge is 0.333 e. The van der Waals surface area contributed by atoms with Gasteiger partial charge in [-0.05, 0) is 11.6 Å². The van der Waals surface area contributed by atoms with Crippen molar-refractivity contribution in [2.24, 2.45) is 0 Å². The SMILES string of the molecule is COC(=O)C(NC(=O)CNc1ccccc1[N+](=O)[O-])c1ccccc1. The van der Waals surface area contributed by atoms with Crippen LogP contribution in [0, 0.1) is 10.1 Å². The van der Waals surface area contributed by atoms with E-state index in [-0.39, 0.29) is 17.9 Å². The van der Waals surface area contributed by atoms with Crippen molar-refractivity contribution in [1.29, 1.82) is 0 Å². The standard InChI is InChI=1S/C17H17N3O5/c1-25-17(22)16(12-7-3-2-4-8-12)19-15(21)11-18-13-9-5-6-10-14(13)20(23)24/h2-10,16,18H,11H2,1H3,(H,19,21). The highest BCUT2D eigenvalue weighted by Crippen LogP contribution is 2.22. The number of carbonyl (C=O) groups is 2. The van der Waals surface area contributed by atoms with Crippen molar-refractivity contribution in [3.8, 4) is 0 Å². The molecule has 0 radical (unpaired) electrons. The Morgan fingerprint density at radius 3 is 2.40 bits per heavy atom. The van der Waals surface area contributed by atoms with Gasteiger partial charge in [-0.2, -0.15) is 0 Å². The zero-order valence-electron chi connectivity index (χ0n) is 13.5. The number of ether oxygens (including phenoxy) is 1. The number of nitrogens with one attached hydrogen (secondary N) is 2. The number of amides is 1. The maximum atomic E-state index is 12.2. The van der Waals surface area contributed by atoms with Gasteiger partial charge in [0.1, 0.15) is 5.69 Å². The van der Waals surface area contributed by atoms with Gasteiger partial charge in [0.15, 0.2) is 6.04 Å². The highest BCUT2D eigenvalue weighted by molar-refractivity contribution is 5.88. The van der Waals surface area contributed by atoms with Crippen LogP contribution in [0.3, 0.4) is 0 Å². The van der Waals surface area contributed by atoms with Crippen LogP contribution in [0.15, 0.2) is 54.6 Å². The molecule has 0 fully saturated rings. The minimum absolute atomic E-state index is 0.136. The van der Waals surface area contributed by atoms with Crippen molar-refractivity contribution in [3.63, 3.8) is 0 Å². The van der Waals surface area contributed by atoms with Gasteiger partial charge in [0, 0.05) is 6.07 Å². The molecule has 0 heterocycles. The van der Waals surface area contributed by atoms with Crippen molar-refractivity contribution in [3.05, 3.63) is 70.3 Å². The molecular weight excluding hydrogens is 326 g/mol. The van der Waals surface area contributed by atoms with Crippen LogP contribution < -0.4 is 10.6 Å². The average molecular weight is 343 g/mol. The summed E-state index contributed by atoms with van der Waals surface area (Å²) in [6.07, 6.45) is 0. The number of methoxy groups -OCH3 is 1. The molecule has 0 bridgehead atoms. The zero-order valence-corrected chi connectivity index (χ0v) is 13.5. The molecule has 0 aliphatic rings. The molecule has 0 aliphatic carbocycles. The van der Waals surface area contributed by atoms with E-state index in [0.717, 1.165) is 0 Å². The Hall–Kier alpha value is -3.42. The lowest BCUT2D eigenvalue weighted by Gasteiger charge is -2.17. The molecule has 2 aromatic carbocycles. The number of hydrogen-bond acceptors (Lipinski definition) is 6. The predicted molar refractivity (Wildman–Crippen MR) is 90.9 cm³/mol. The highest BCUT2D eigenvalue weighted by Gasteiger charge is 2.23. The Labute approximate surface area is 144 Å². The van der Waals surface area contributed by atoms with Crippen LogP contribution in [-0.4, -0.2) is 30.5 Å². The van der Waals surface area contributed by atoms with Crippen LogP contribution in [0.5, 0.6) is 0 Å². The first-order valence-corrected chi connectivity index (χ1v) is 7.42. The molecule has 8 nitrogen and oxygen atoms in total. The number of hydrogen-bond donors (Lipinski definition) is 2. The molecule has 2 aromatic rings. The van der Waals surface area contributed by atoms with Crippen molar-refractivity contribution < 1.29 is 19.2 Å². The maximum absolute atomic E-state index is 12.2. The van der Waals surface area contributed by atoms with E-state index < -0.39 is 22.8 Å². The first-order chi connectivity index (χ1) is 12.0. The summed E-state index contributed by atoms with van der Waals surface area (Å²) in [4.78, 5) is 34.5. The van der Waals surface area contributed by atoms with Gasteiger partial charge in [0.2, 0.25) is 5.91 Å². The predicted octanol–water partition coefficient (Wildman–Crippen LogP) is 2.04. The molecule has 1 atom stereocenters. The molecule has 1 amide bonds. The monoisotopic (exact) mass is 343 g/mol. The summed E-state index contributed by atoms with van der Waals surface area (Å²) in [6.45, 7) is -0.231. The molecule has 130 valence electrons. The van der Waals surface area contributed by atoms with Crippen molar-refractivity contribution in [1.82, 2.24) is 5.32 Å². The van der Waals surface area contributed by atoms with E-state index in [1.165, 1.54) is 25.3 Å². The molecule has 0 aliphatic heterocycles. The van der Waals surface area contributed by atoms with E-state index in [1.54, 1.807) is 36.4 Å². The third-order valence-electron chi connectivity index (χ3n) is 3.42. The number of nitro benzene ring substituents is 1. The summed E-state index contributed by atoms with van der Waals surface area (Å²) in [7, 11) is 1.23. The minimum atomic E-state index is -0.953. The molecule has 0 saturated heterocycles. The second kappa shape index (κ2) is 8.44. The Bertz CT molecular complexity index is 764. The molecule has 0 spiro atoms. The van der Waals surface area contributed by atoms with Crippen molar-refractivity contribution in [2.45, 2.75) is 6.04 Å². The normalized spacial score (nSPS) is 11.2. The van der Waals surface area contributed by atoms with Crippen LogP contribution in [0.2, 0.25) is 0 Å². The van der Waals surface area contributed by atoms with Crippen molar-refractivity contribution in [2.75, 3.05) is 19.0 Å². The van der Waals surface area contributed by atoms with E-state index in [1.807, 2.05) is 0 Å². The van der Waals surface area contributed by atoms with Crippen LogP contribution in [0.25, 0.3) is 0 Å². The number of para-hydroxylation sites is 2. The zero-order chi connectivity index (χ0) is 18.2. The molecule has 25 heavy (non-hydrogen) atoms. The molecule has 0 saturated carbocycles. The van der Waals surface area contributed by atoms with Gasteiger partial charge in [-0.3, -0.25) is 14.9 Å². The van der Waals surface area contributed by atoms with Crippen molar-refractivity contribution >= 4 is 23.3 Å². The van der Waals surface area contributed by atoms with Gasteiger partial charge in [-0.1, -0.05) is 42.5 Å². The van der Waals surface area contributed by atoms with Gasteiger partial charge in [0.25, 0.3) is 5.69 Å². The molecule has 0 aromatic heterocycles. The van der Waals surface area contributed by atoms with E-state index in [9.17, 15) is 19.7 Å². The van der Waals surface area contributed by atoms with E-state index in [0.29, 0.717) is 5.56 Å². The highest BCUT2D eigenvalue weighted by atomic mass is 16.6. The van der Waals surface area contributed by atoms with E-state index in [4.69, 9.17) is 4.74 Å². The van der Waals surface area contributed by atoms with Gasteiger partial charge < -0.3 is 15.4 Å². The molecule has 8 heteroatoms. The van der Waals surface area contributed by atoms with Crippen LogP contribution in [0.4, 0.5) is 11.4 Å².